The van der Waals surface area contributed by atoms with Crippen LogP contribution in [0.1, 0.15) is 71.6 Å². The summed E-state index contributed by atoms with van der Waals surface area (Å²) in [6.07, 6.45) is 11.3. The van der Waals surface area contributed by atoms with Crippen molar-refractivity contribution in [3.8, 4) is 0 Å². The van der Waals surface area contributed by atoms with E-state index in [1.807, 2.05) is 0 Å². The van der Waals surface area contributed by atoms with E-state index in [4.69, 9.17) is 9.57 Å². The SMILES string of the molecule is CCCCCCCCOCCCCNOCCC. The van der Waals surface area contributed by atoms with Crippen LogP contribution in [-0.2, 0) is 9.57 Å². The average Bonchev–Trinajstić information content (AvgIpc) is 2.39. The minimum absolute atomic E-state index is 0.800. The van der Waals surface area contributed by atoms with Crippen molar-refractivity contribution < 1.29 is 9.57 Å². The Morgan fingerprint density at radius 3 is 2.06 bits per heavy atom. The van der Waals surface area contributed by atoms with Gasteiger partial charge in [-0.3, -0.25) is 0 Å². The molecule has 0 fully saturated rings. The van der Waals surface area contributed by atoms with E-state index in [1.54, 1.807) is 0 Å². The van der Waals surface area contributed by atoms with Gasteiger partial charge in [-0.2, -0.15) is 0 Å². The standard InChI is InChI=1S/C15H33NO2/c1-3-5-6-7-8-10-14-17-15-11-9-12-16-18-13-4-2/h16H,3-15H2,1-2H3. The molecule has 0 aliphatic carbocycles. The molecule has 0 radical (unpaired) electrons. The Morgan fingerprint density at radius 2 is 1.33 bits per heavy atom. The lowest BCUT2D eigenvalue weighted by Gasteiger charge is -2.06. The molecule has 3 nitrogen and oxygen atoms in total. The third-order valence-electron chi connectivity index (χ3n) is 2.87. The number of nitrogens with one attached hydrogen (secondary N) is 1. The molecule has 1 N–H and O–H groups in total. The van der Waals surface area contributed by atoms with E-state index >= 15 is 0 Å². The molecule has 110 valence electrons. The van der Waals surface area contributed by atoms with Crippen LogP contribution in [0.15, 0.2) is 0 Å². The summed E-state index contributed by atoms with van der Waals surface area (Å²) >= 11 is 0. The first-order chi connectivity index (χ1) is 8.91. The lowest BCUT2D eigenvalue weighted by molar-refractivity contribution is 0.0388. The van der Waals surface area contributed by atoms with E-state index in [2.05, 4.69) is 19.3 Å². The fourth-order valence-electron chi connectivity index (χ4n) is 1.73. The lowest BCUT2D eigenvalue weighted by Crippen LogP contribution is -2.16. The molecular formula is C15H33NO2. The minimum atomic E-state index is 0.800. The largest absolute Gasteiger partial charge is 0.381 e. The highest BCUT2D eigenvalue weighted by molar-refractivity contribution is 4.44. The second-order valence-electron chi connectivity index (χ2n) is 4.83. The molecule has 0 amide bonds. The van der Waals surface area contributed by atoms with Crippen LogP contribution in [0.3, 0.4) is 0 Å². The summed E-state index contributed by atoms with van der Waals surface area (Å²) in [7, 11) is 0. The summed E-state index contributed by atoms with van der Waals surface area (Å²) in [5.74, 6) is 0. The topological polar surface area (TPSA) is 30.5 Å². The molecule has 0 saturated heterocycles. The number of hydrogen-bond acceptors (Lipinski definition) is 3. The van der Waals surface area contributed by atoms with E-state index in [0.717, 1.165) is 45.6 Å². The van der Waals surface area contributed by atoms with Crippen molar-refractivity contribution in [2.45, 2.75) is 71.6 Å². The Hall–Kier alpha value is -0.120. The second kappa shape index (κ2) is 16.9. The molecule has 0 saturated carbocycles. The highest BCUT2D eigenvalue weighted by Crippen LogP contribution is 2.05. The molecule has 0 spiro atoms. The van der Waals surface area contributed by atoms with E-state index < -0.39 is 0 Å². The molecule has 0 aliphatic rings. The first-order valence-corrected chi connectivity index (χ1v) is 7.84. The van der Waals surface area contributed by atoms with Gasteiger partial charge in [0.25, 0.3) is 0 Å². The van der Waals surface area contributed by atoms with Crippen molar-refractivity contribution in [1.82, 2.24) is 5.48 Å². The van der Waals surface area contributed by atoms with Gasteiger partial charge >= 0.3 is 0 Å². The second-order valence-corrected chi connectivity index (χ2v) is 4.83. The molecule has 0 aromatic heterocycles. The maximum atomic E-state index is 5.60. The average molecular weight is 259 g/mol. The van der Waals surface area contributed by atoms with Crippen LogP contribution in [0, 0.1) is 0 Å². The molecule has 0 aliphatic heterocycles. The van der Waals surface area contributed by atoms with Crippen molar-refractivity contribution in [3.63, 3.8) is 0 Å². The zero-order chi connectivity index (χ0) is 13.3. The molecule has 0 aromatic rings. The summed E-state index contributed by atoms with van der Waals surface area (Å²) in [4.78, 5) is 5.18. The van der Waals surface area contributed by atoms with E-state index in [0.29, 0.717) is 0 Å². The molecule has 3 heteroatoms. The van der Waals surface area contributed by atoms with Crippen molar-refractivity contribution >= 4 is 0 Å². The van der Waals surface area contributed by atoms with Crippen molar-refractivity contribution in [2.75, 3.05) is 26.4 Å². The van der Waals surface area contributed by atoms with Crippen LogP contribution < -0.4 is 5.48 Å². The van der Waals surface area contributed by atoms with E-state index in [1.165, 1.54) is 38.5 Å². The lowest BCUT2D eigenvalue weighted by atomic mass is 10.1. The molecular weight excluding hydrogens is 226 g/mol. The van der Waals surface area contributed by atoms with Crippen LogP contribution >= 0.6 is 0 Å². The van der Waals surface area contributed by atoms with Crippen LogP contribution in [0.4, 0.5) is 0 Å². The van der Waals surface area contributed by atoms with Gasteiger partial charge in [0.1, 0.15) is 0 Å². The normalized spacial score (nSPS) is 11.0. The summed E-state index contributed by atoms with van der Waals surface area (Å²) < 4.78 is 5.60. The zero-order valence-corrected chi connectivity index (χ0v) is 12.5. The van der Waals surface area contributed by atoms with Gasteiger partial charge in [0, 0.05) is 19.8 Å². The monoisotopic (exact) mass is 259 g/mol. The highest BCUT2D eigenvalue weighted by atomic mass is 16.6. The van der Waals surface area contributed by atoms with Crippen LogP contribution in [0.5, 0.6) is 0 Å². The Balaban J connectivity index is 2.86. The zero-order valence-electron chi connectivity index (χ0n) is 12.5. The van der Waals surface area contributed by atoms with E-state index in [9.17, 15) is 0 Å². The smallest absolute Gasteiger partial charge is 0.0679 e. The molecule has 0 aromatic carbocycles. The third-order valence-corrected chi connectivity index (χ3v) is 2.87. The molecule has 18 heavy (non-hydrogen) atoms. The number of hydroxylamine groups is 1. The summed E-state index contributed by atoms with van der Waals surface area (Å²) in [5, 5.41) is 0. The highest BCUT2D eigenvalue weighted by Gasteiger charge is 1.92. The van der Waals surface area contributed by atoms with Gasteiger partial charge in [-0.05, 0) is 25.7 Å². The Bertz CT molecular complexity index is 126. The van der Waals surface area contributed by atoms with Gasteiger partial charge in [-0.15, -0.1) is 0 Å². The molecule has 0 unspecified atom stereocenters. The Morgan fingerprint density at radius 1 is 0.667 bits per heavy atom. The van der Waals surface area contributed by atoms with Crippen molar-refractivity contribution in [1.29, 1.82) is 0 Å². The summed E-state index contributed by atoms with van der Waals surface area (Å²) in [5.41, 5.74) is 2.96. The first kappa shape index (κ1) is 17.9. The molecule has 0 heterocycles. The maximum Gasteiger partial charge on any atom is 0.0679 e. The Labute approximate surface area is 114 Å². The molecule has 0 bridgehead atoms. The summed E-state index contributed by atoms with van der Waals surface area (Å²) in [6, 6.07) is 0. The fraction of sp³-hybridized carbons (Fsp3) is 1.00. The number of hydrogen-bond donors (Lipinski definition) is 1. The van der Waals surface area contributed by atoms with Gasteiger partial charge in [-0.25, -0.2) is 5.48 Å². The first-order valence-electron chi connectivity index (χ1n) is 7.84. The number of ether oxygens (including phenoxy) is 1. The molecule has 0 rings (SSSR count). The van der Waals surface area contributed by atoms with Crippen LogP contribution in [-0.4, -0.2) is 26.4 Å². The Kier molecular flexibility index (Phi) is 16.8. The van der Waals surface area contributed by atoms with Gasteiger partial charge in [0.05, 0.1) is 6.61 Å². The maximum absolute atomic E-state index is 5.60. The predicted molar refractivity (Wildman–Crippen MR) is 77.7 cm³/mol. The third kappa shape index (κ3) is 15.9. The van der Waals surface area contributed by atoms with Gasteiger partial charge < -0.3 is 9.57 Å². The van der Waals surface area contributed by atoms with E-state index in [-0.39, 0.29) is 0 Å². The van der Waals surface area contributed by atoms with Crippen molar-refractivity contribution in [2.24, 2.45) is 0 Å². The van der Waals surface area contributed by atoms with Gasteiger partial charge in [0.2, 0.25) is 0 Å². The van der Waals surface area contributed by atoms with Gasteiger partial charge in [0.15, 0.2) is 0 Å². The van der Waals surface area contributed by atoms with Gasteiger partial charge in [-0.1, -0.05) is 46.0 Å². The minimum Gasteiger partial charge on any atom is -0.381 e. The quantitative estimate of drug-likeness (QED) is 0.355. The van der Waals surface area contributed by atoms with Crippen molar-refractivity contribution in [3.05, 3.63) is 0 Å². The number of unbranched alkanes of at least 4 members (excludes halogenated alkanes) is 6. The fourth-order valence-corrected chi connectivity index (χ4v) is 1.73. The summed E-state index contributed by atoms with van der Waals surface area (Å²) in [6.45, 7) is 7.92. The van der Waals surface area contributed by atoms with Crippen LogP contribution in [0.25, 0.3) is 0 Å². The predicted octanol–water partition coefficient (Wildman–Crippen LogP) is 4.07. The molecule has 0 atom stereocenters. The van der Waals surface area contributed by atoms with Crippen LogP contribution in [0.2, 0.25) is 0 Å². The number of rotatable bonds is 15.